The normalized spacial score (nSPS) is 20.8. The van der Waals surface area contributed by atoms with Crippen molar-refractivity contribution in [2.24, 2.45) is 0 Å². The van der Waals surface area contributed by atoms with Gasteiger partial charge in [0.15, 0.2) is 0 Å². The Balaban J connectivity index is 1.66. The molecule has 0 saturated heterocycles. The average molecular weight is 301 g/mol. The van der Waals surface area contributed by atoms with Gasteiger partial charge in [-0.15, -0.1) is 0 Å². The summed E-state index contributed by atoms with van der Waals surface area (Å²) in [5.41, 5.74) is 1.45. The summed E-state index contributed by atoms with van der Waals surface area (Å²) in [6.45, 7) is 1.83. The number of nitrogens with one attached hydrogen (secondary N) is 2. The zero-order valence-electron chi connectivity index (χ0n) is 12.4. The lowest BCUT2D eigenvalue weighted by atomic mass is 10.2. The zero-order chi connectivity index (χ0) is 15.5. The van der Waals surface area contributed by atoms with Gasteiger partial charge in [0.1, 0.15) is 5.76 Å². The molecule has 1 aromatic heterocycles. The molecule has 3 rings (SSSR count). The molecule has 22 heavy (non-hydrogen) atoms. The van der Waals surface area contributed by atoms with Crippen LogP contribution in [0.3, 0.4) is 0 Å². The van der Waals surface area contributed by atoms with Crippen LogP contribution in [0.15, 0.2) is 34.9 Å². The molecule has 1 heterocycles. The summed E-state index contributed by atoms with van der Waals surface area (Å²) in [5, 5.41) is 15.3. The number of aromatic nitrogens is 1. The molecule has 1 aliphatic carbocycles. The van der Waals surface area contributed by atoms with Crippen LogP contribution in [0.5, 0.6) is 0 Å². The lowest BCUT2D eigenvalue weighted by Crippen LogP contribution is -2.42. The fraction of sp³-hybridized carbons (Fsp3) is 0.375. The SMILES string of the molecule is Cc1cnc(-c2cccc(NC(=O)N[C@H]3CCC[C@H]3O)c2)o1. The molecule has 1 fully saturated rings. The summed E-state index contributed by atoms with van der Waals surface area (Å²) in [4.78, 5) is 16.2. The minimum atomic E-state index is -0.452. The van der Waals surface area contributed by atoms with Crippen molar-refractivity contribution in [1.29, 1.82) is 0 Å². The molecular weight excluding hydrogens is 282 g/mol. The predicted molar refractivity (Wildman–Crippen MR) is 82.5 cm³/mol. The fourth-order valence-corrected chi connectivity index (χ4v) is 2.66. The molecule has 3 N–H and O–H groups in total. The van der Waals surface area contributed by atoms with Crippen molar-refractivity contribution in [2.45, 2.75) is 38.3 Å². The van der Waals surface area contributed by atoms with Crippen molar-refractivity contribution < 1.29 is 14.3 Å². The van der Waals surface area contributed by atoms with Crippen LogP contribution in [0.25, 0.3) is 11.5 Å². The van der Waals surface area contributed by atoms with E-state index in [9.17, 15) is 9.90 Å². The van der Waals surface area contributed by atoms with E-state index in [1.165, 1.54) is 0 Å². The van der Waals surface area contributed by atoms with Gasteiger partial charge in [0.2, 0.25) is 5.89 Å². The number of hydrogen-bond donors (Lipinski definition) is 3. The van der Waals surface area contributed by atoms with E-state index in [1.54, 1.807) is 18.3 Å². The van der Waals surface area contributed by atoms with Gasteiger partial charge in [-0.05, 0) is 44.4 Å². The second-order valence-electron chi connectivity index (χ2n) is 5.56. The van der Waals surface area contributed by atoms with E-state index in [1.807, 2.05) is 19.1 Å². The highest BCUT2D eigenvalue weighted by molar-refractivity contribution is 5.90. The summed E-state index contributed by atoms with van der Waals surface area (Å²) in [5.74, 6) is 1.26. The van der Waals surface area contributed by atoms with Crippen LogP contribution in [0.4, 0.5) is 10.5 Å². The zero-order valence-corrected chi connectivity index (χ0v) is 12.4. The van der Waals surface area contributed by atoms with Gasteiger partial charge in [0, 0.05) is 11.3 Å². The number of amides is 2. The molecule has 0 bridgehead atoms. The molecule has 2 atom stereocenters. The first kappa shape index (κ1) is 14.6. The van der Waals surface area contributed by atoms with E-state index >= 15 is 0 Å². The number of carbonyl (C=O) groups excluding carboxylic acids is 1. The van der Waals surface area contributed by atoms with E-state index in [2.05, 4.69) is 15.6 Å². The van der Waals surface area contributed by atoms with Crippen molar-refractivity contribution in [3.05, 3.63) is 36.2 Å². The number of carbonyl (C=O) groups is 1. The lowest BCUT2D eigenvalue weighted by molar-refractivity contribution is 0.151. The third-order valence-electron chi connectivity index (χ3n) is 3.78. The van der Waals surface area contributed by atoms with E-state index < -0.39 is 6.10 Å². The highest BCUT2D eigenvalue weighted by Gasteiger charge is 2.26. The Morgan fingerprint density at radius 1 is 1.41 bits per heavy atom. The smallest absolute Gasteiger partial charge is 0.319 e. The largest absolute Gasteiger partial charge is 0.441 e. The van der Waals surface area contributed by atoms with Gasteiger partial charge in [-0.25, -0.2) is 9.78 Å². The molecule has 0 aliphatic heterocycles. The Morgan fingerprint density at radius 2 is 2.27 bits per heavy atom. The second kappa shape index (κ2) is 6.19. The highest BCUT2D eigenvalue weighted by atomic mass is 16.4. The maximum absolute atomic E-state index is 12.0. The summed E-state index contributed by atoms with van der Waals surface area (Å²) in [6, 6.07) is 6.81. The van der Waals surface area contributed by atoms with Gasteiger partial charge < -0.3 is 20.2 Å². The maximum Gasteiger partial charge on any atom is 0.319 e. The Hall–Kier alpha value is -2.34. The van der Waals surface area contributed by atoms with Crippen LogP contribution in [-0.2, 0) is 0 Å². The molecule has 1 aliphatic rings. The Kier molecular flexibility index (Phi) is 4.11. The van der Waals surface area contributed by atoms with Gasteiger partial charge in [-0.3, -0.25) is 0 Å². The minimum absolute atomic E-state index is 0.169. The minimum Gasteiger partial charge on any atom is -0.441 e. The molecule has 6 heteroatoms. The Bertz CT molecular complexity index is 668. The molecule has 0 unspecified atom stereocenters. The van der Waals surface area contributed by atoms with Crippen molar-refractivity contribution in [3.8, 4) is 11.5 Å². The monoisotopic (exact) mass is 301 g/mol. The number of hydrogen-bond acceptors (Lipinski definition) is 4. The quantitative estimate of drug-likeness (QED) is 0.813. The third kappa shape index (κ3) is 3.28. The molecular formula is C16H19N3O3. The Labute approximate surface area is 128 Å². The molecule has 0 radical (unpaired) electrons. The molecule has 1 saturated carbocycles. The fourth-order valence-electron chi connectivity index (χ4n) is 2.66. The summed E-state index contributed by atoms with van der Waals surface area (Å²) in [6.07, 6.45) is 3.69. The molecule has 1 aromatic carbocycles. The number of benzene rings is 1. The molecule has 0 spiro atoms. The van der Waals surface area contributed by atoms with Crippen LogP contribution in [0.1, 0.15) is 25.0 Å². The van der Waals surface area contributed by atoms with Crippen LogP contribution in [-0.4, -0.2) is 28.3 Å². The topological polar surface area (TPSA) is 87.4 Å². The Morgan fingerprint density at radius 3 is 2.95 bits per heavy atom. The molecule has 116 valence electrons. The van der Waals surface area contributed by atoms with Gasteiger partial charge in [0.05, 0.1) is 18.3 Å². The summed E-state index contributed by atoms with van der Waals surface area (Å²) >= 11 is 0. The van der Waals surface area contributed by atoms with Gasteiger partial charge in [0.25, 0.3) is 0 Å². The van der Waals surface area contributed by atoms with Crippen LogP contribution in [0.2, 0.25) is 0 Å². The first-order valence-electron chi connectivity index (χ1n) is 7.40. The van der Waals surface area contributed by atoms with Crippen molar-refractivity contribution in [1.82, 2.24) is 10.3 Å². The average Bonchev–Trinajstić information content (AvgIpc) is 3.09. The van der Waals surface area contributed by atoms with Gasteiger partial charge in [-0.1, -0.05) is 6.07 Å². The molecule has 2 aromatic rings. The maximum atomic E-state index is 12.0. The van der Waals surface area contributed by atoms with E-state index in [-0.39, 0.29) is 12.1 Å². The highest BCUT2D eigenvalue weighted by Crippen LogP contribution is 2.23. The van der Waals surface area contributed by atoms with Crippen LogP contribution in [0, 0.1) is 6.92 Å². The standard InChI is InChI=1S/C16H19N3O3/c1-10-9-17-15(22-10)11-4-2-5-12(8-11)18-16(21)19-13-6-3-7-14(13)20/h2,4-5,8-9,13-14,20H,3,6-7H2,1H3,(H2,18,19,21)/t13-,14+/m0/s1. The summed E-state index contributed by atoms with van der Waals surface area (Å²) < 4.78 is 5.48. The van der Waals surface area contributed by atoms with Crippen molar-refractivity contribution >= 4 is 11.7 Å². The van der Waals surface area contributed by atoms with Crippen LogP contribution < -0.4 is 10.6 Å². The second-order valence-corrected chi connectivity index (χ2v) is 5.56. The number of nitrogens with zero attached hydrogens (tertiary/aromatic N) is 1. The van der Waals surface area contributed by atoms with Crippen molar-refractivity contribution in [2.75, 3.05) is 5.32 Å². The van der Waals surface area contributed by atoms with Crippen LogP contribution >= 0.6 is 0 Å². The lowest BCUT2D eigenvalue weighted by Gasteiger charge is -2.17. The number of aliphatic hydroxyl groups is 1. The number of anilines is 1. The summed E-state index contributed by atoms with van der Waals surface area (Å²) in [7, 11) is 0. The van der Waals surface area contributed by atoms with E-state index in [4.69, 9.17) is 4.42 Å². The number of aryl methyl sites for hydroxylation is 1. The molecule has 6 nitrogen and oxygen atoms in total. The first-order valence-corrected chi connectivity index (χ1v) is 7.40. The predicted octanol–water partition coefficient (Wildman–Crippen LogP) is 2.68. The number of aliphatic hydroxyl groups excluding tert-OH is 1. The van der Waals surface area contributed by atoms with Gasteiger partial charge in [-0.2, -0.15) is 0 Å². The van der Waals surface area contributed by atoms with E-state index in [0.717, 1.165) is 30.6 Å². The number of oxazole rings is 1. The number of rotatable bonds is 3. The van der Waals surface area contributed by atoms with E-state index in [0.29, 0.717) is 11.6 Å². The van der Waals surface area contributed by atoms with Gasteiger partial charge >= 0.3 is 6.03 Å². The first-order chi connectivity index (χ1) is 10.6. The van der Waals surface area contributed by atoms with Crippen molar-refractivity contribution in [3.63, 3.8) is 0 Å². The third-order valence-corrected chi connectivity index (χ3v) is 3.78. The molecule has 2 amide bonds. The number of urea groups is 1.